The Hall–Kier alpha value is -2.08. The van der Waals surface area contributed by atoms with Crippen LogP contribution in [0.3, 0.4) is 0 Å². The van der Waals surface area contributed by atoms with Gasteiger partial charge in [0.25, 0.3) is 0 Å². The van der Waals surface area contributed by atoms with E-state index >= 15 is 0 Å². The van der Waals surface area contributed by atoms with E-state index in [4.69, 9.17) is 11.6 Å². The van der Waals surface area contributed by atoms with Crippen molar-refractivity contribution < 1.29 is 8.78 Å². The van der Waals surface area contributed by atoms with Gasteiger partial charge in [-0.25, -0.2) is 8.78 Å². The summed E-state index contributed by atoms with van der Waals surface area (Å²) in [6.45, 7) is 0. The molecule has 18 heavy (non-hydrogen) atoms. The minimum absolute atomic E-state index is 0.269. The molecule has 0 unspecified atom stereocenters. The fraction of sp³-hybridized carbons (Fsp3) is 0. The molecule has 0 saturated heterocycles. The predicted molar refractivity (Wildman–Crippen MR) is 64.6 cm³/mol. The lowest BCUT2D eigenvalue weighted by atomic mass is 10.2. The summed E-state index contributed by atoms with van der Waals surface area (Å²) in [4.78, 5) is 0. The van der Waals surface area contributed by atoms with Crippen molar-refractivity contribution in [1.82, 2.24) is 10.2 Å². The average molecular weight is 269 g/mol. The maximum atomic E-state index is 12.9. The minimum atomic E-state index is -0.926. The first-order valence-electron chi connectivity index (χ1n) is 4.88. The average Bonchev–Trinajstić information content (AvgIpc) is 2.36. The molecule has 92 valence electrons. The number of nitrogens with zero attached hydrogens (tertiary/aromatic N) is 3. The lowest BCUT2D eigenvalue weighted by Gasteiger charge is -1.98. The number of hydrazone groups is 1. The molecule has 1 aromatic heterocycles. The Kier molecular flexibility index (Phi) is 3.78. The summed E-state index contributed by atoms with van der Waals surface area (Å²) in [5.41, 5.74) is 3.00. The Bertz CT molecular complexity index is 572. The highest BCUT2D eigenvalue weighted by molar-refractivity contribution is 6.29. The molecule has 7 heteroatoms. The number of hydrogen-bond acceptors (Lipinski definition) is 4. The summed E-state index contributed by atoms with van der Waals surface area (Å²) < 4.78 is 25.5. The first-order chi connectivity index (χ1) is 8.65. The van der Waals surface area contributed by atoms with Gasteiger partial charge in [-0.15, -0.1) is 10.2 Å². The Morgan fingerprint density at radius 2 is 1.94 bits per heavy atom. The topological polar surface area (TPSA) is 50.2 Å². The van der Waals surface area contributed by atoms with E-state index in [1.807, 2.05) is 0 Å². The van der Waals surface area contributed by atoms with Gasteiger partial charge in [0.15, 0.2) is 22.6 Å². The van der Waals surface area contributed by atoms with Gasteiger partial charge in [-0.3, -0.25) is 5.43 Å². The van der Waals surface area contributed by atoms with Crippen LogP contribution in [0, 0.1) is 11.6 Å². The Balaban J connectivity index is 2.02. The Morgan fingerprint density at radius 3 is 2.61 bits per heavy atom. The zero-order valence-electron chi connectivity index (χ0n) is 8.94. The summed E-state index contributed by atoms with van der Waals surface area (Å²) in [6, 6.07) is 6.59. The normalized spacial score (nSPS) is 10.8. The predicted octanol–water partition coefficient (Wildman–Crippen LogP) is 2.85. The van der Waals surface area contributed by atoms with E-state index < -0.39 is 11.6 Å². The van der Waals surface area contributed by atoms with Crippen LogP contribution in [0.1, 0.15) is 5.56 Å². The molecule has 0 aliphatic rings. The quantitative estimate of drug-likeness (QED) is 0.688. The highest BCUT2D eigenvalue weighted by Crippen LogP contribution is 2.08. The summed E-state index contributed by atoms with van der Waals surface area (Å²) in [7, 11) is 0. The smallest absolute Gasteiger partial charge is 0.168 e. The lowest BCUT2D eigenvalue weighted by Crippen LogP contribution is -1.95. The molecule has 0 atom stereocenters. The number of hydrogen-bond donors (Lipinski definition) is 1. The molecule has 0 spiro atoms. The van der Waals surface area contributed by atoms with Crippen LogP contribution >= 0.6 is 11.6 Å². The van der Waals surface area contributed by atoms with E-state index in [1.54, 1.807) is 12.1 Å². The number of benzene rings is 1. The monoisotopic (exact) mass is 268 g/mol. The number of anilines is 1. The van der Waals surface area contributed by atoms with Gasteiger partial charge in [-0.2, -0.15) is 5.10 Å². The third-order valence-corrected chi connectivity index (χ3v) is 2.17. The molecule has 0 fully saturated rings. The first-order valence-corrected chi connectivity index (χ1v) is 5.26. The summed E-state index contributed by atoms with van der Waals surface area (Å²) >= 11 is 5.56. The maximum Gasteiger partial charge on any atom is 0.168 e. The molecule has 1 heterocycles. The van der Waals surface area contributed by atoms with Crippen molar-refractivity contribution in [3.05, 3.63) is 52.7 Å². The SMILES string of the molecule is Fc1ccc(/C=N/Nc2ccc(Cl)nn2)cc1F. The molecule has 1 N–H and O–H groups in total. The largest absolute Gasteiger partial charge is 0.260 e. The molecule has 0 aliphatic heterocycles. The minimum Gasteiger partial charge on any atom is -0.260 e. The number of halogens is 3. The molecule has 0 bridgehead atoms. The van der Waals surface area contributed by atoms with Crippen molar-refractivity contribution in [2.45, 2.75) is 0 Å². The van der Waals surface area contributed by atoms with E-state index in [9.17, 15) is 8.78 Å². The number of nitrogens with one attached hydrogen (secondary N) is 1. The molecular weight excluding hydrogens is 262 g/mol. The summed E-state index contributed by atoms with van der Waals surface area (Å²) in [6.07, 6.45) is 1.33. The fourth-order valence-corrected chi connectivity index (χ4v) is 1.24. The molecule has 0 saturated carbocycles. The fourth-order valence-electron chi connectivity index (χ4n) is 1.14. The van der Waals surface area contributed by atoms with Crippen molar-refractivity contribution in [3.8, 4) is 0 Å². The third-order valence-electron chi connectivity index (χ3n) is 1.97. The van der Waals surface area contributed by atoms with Crippen molar-refractivity contribution in [1.29, 1.82) is 0 Å². The van der Waals surface area contributed by atoms with E-state index in [2.05, 4.69) is 20.7 Å². The van der Waals surface area contributed by atoms with Crippen molar-refractivity contribution in [2.75, 3.05) is 5.43 Å². The highest BCUT2D eigenvalue weighted by Gasteiger charge is 2.00. The van der Waals surface area contributed by atoms with Crippen molar-refractivity contribution in [2.24, 2.45) is 5.10 Å². The van der Waals surface area contributed by atoms with Crippen LogP contribution in [-0.2, 0) is 0 Å². The third kappa shape index (κ3) is 3.21. The Morgan fingerprint density at radius 1 is 1.11 bits per heavy atom. The lowest BCUT2D eigenvalue weighted by molar-refractivity contribution is 0.508. The second-order valence-electron chi connectivity index (χ2n) is 3.28. The van der Waals surface area contributed by atoms with Crippen LogP contribution in [0.2, 0.25) is 5.15 Å². The first kappa shape index (κ1) is 12.4. The van der Waals surface area contributed by atoms with Crippen LogP contribution in [0.4, 0.5) is 14.6 Å². The van der Waals surface area contributed by atoms with Crippen LogP contribution in [-0.4, -0.2) is 16.4 Å². The Labute approximate surface area is 106 Å². The van der Waals surface area contributed by atoms with Gasteiger partial charge in [0, 0.05) is 0 Å². The second kappa shape index (κ2) is 5.50. The second-order valence-corrected chi connectivity index (χ2v) is 3.67. The van der Waals surface area contributed by atoms with E-state index in [0.29, 0.717) is 11.4 Å². The highest BCUT2D eigenvalue weighted by atomic mass is 35.5. The zero-order valence-corrected chi connectivity index (χ0v) is 9.70. The van der Waals surface area contributed by atoms with Crippen LogP contribution < -0.4 is 5.43 Å². The maximum absolute atomic E-state index is 12.9. The van der Waals surface area contributed by atoms with Gasteiger partial charge in [0.1, 0.15) is 0 Å². The molecule has 0 aliphatic carbocycles. The molecule has 4 nitrogen and oxygen atoms in total. The molecule has 0 radical (unpaired) electrons. The summed E-state index contributed by atoms with van der Waals surface area (Å²) in [5.74, 6) is -1.44. The molecule has 2 rings (SSSR count). The molecule has 0 amide bonds. The van der Waals surface area contributed by atoms with Gasteiger partial charge < -0.3 is 0 Å². The van der Waals surface area contributed by atoms with Gasteiger partial charge in [0.05, 0.1) is 6.21 Å². The van der Waals surface area contributed by atoms with Gasteiger partial charge in [-0.1, -0.05) is 17.7 Å². The van der Waals surface area contributed by atoms with Crippen LogP contribution in [0.5, 0.6) is 0 Å². The van der Waals surface area contributed by atoms with Gasteiger partial charge in [-0.05, 0) is 29.8 Å². The van der Waals surface area contributed by atoms with Crippen LogP contribution in [0.25, 0.3) is 0 Å². The van der Waals surface area contributed by atoms with Gasteiger partial charge in [0.2, 0.25) is 0 Å². The number of aromatic nitrogens is 2. The molecule has 1 aromatic carbocycles. The molecular formula is C11H7ClF2N4. The zero-order chi connectivity index (χ0) is 13.0. The molecule has 2 aromatic rings. The van der Waals surface area contributed by atoms with E-state index in [0.717, 1.165) is 12.1 Å². The standard InChI is InChI=1S/C11H7ClF2N4/c12-10-3-4-11(18-16-10)17-15-6-7-1-2-8(13)9(14)5-7/h1-6H,(H,17,18)/b15-6+. The summed E-state index contributed by atoms with van der Waals surface area (Å²) in [5, 5.41) is 11.4. The van der Waals surface area contributed by atoms with Crippen molar-refractivity contribution >= 4 is 23.6 Å². The van der Waals surface area contributed by atoms with Crippen molar-refractivity contribution in [3.63, 3.8) is 0 Å². The van der Waals surface area contributed by atoms with E-state index in [1.165, 1.54) is 12.3 Å². The van der Waals surface area contributed by atoms with E-state index in [-0.39, 0.29) is 5.15 Å². The van der Waals surface area contributed by atoms with Gasteiger partial charge >= 0.3 is 0 Å². The number of rotatable bonds is 3. The van der Waals surface area contributed by atoms with Crippen LogP contribution in [0.15, 0.2) is 35.4 Å².